The number of hydrogen-bond donors (Lipinski definition) is 0. The van der Waals surface area contributed by atoms with Gasteiger partial charge in [0.05, 0.1) is 32.0 Å². The van der Waals surface area contributed by atoms with Crippen LogP contribution >= 0.6 is 11.3 Å². The third-order valence-electron chi connectivity index (χ3n) is 5.76. The summed E-state index contributed by atoms with van der Waals surface area (Å²) in [4.78, 5) is 0. The van der Waals surface area contributed by atoms with Crippen molar-refractivity contribution in [1.82, 2.24) is 0 Å². The summed E-state index contributed by atoms with van der Waals surface area (Å²) in [5, 5.41) is 3.52. The Kier molecular flexibility index (Phi) is 6.42. The molecule has 0 radical (unpaired) electrons. The molecule has 0 bridgehead atoms. The van der Waals surface area contributed by atoms with Crippen molar-refractivity contribution in [2.75, 3.05) is 6.61 Å². The van der Waals surface area contributed by atoms with E-state index in [4.69, 9.17) is 14.2 Å². The minimum atomic E-state index is -0.0870. The van der Waals surface area contributed by atoms with Gasteiger partial charge in [0.2, 0.25) is 0 Å². The summed E-state index contributed by atoms with van der Waals surface area (Å²) in [6.45, 7) is 1.69. The van der Waals surface area contributed by atoms with Gasteiger partial charge in [-0.25, -0.2) is 0 Å². The Labute approximate surface area is 187 Å². The zero-order chi connectivity index (χ0) is 20.9. The maximum atomic E-state index is 6.51. The number of rotatable bonds is 8. The maximum Gasteiger partial charge on any atom is 0.108 e. The summed E-state index contributed by atoms with van der Waals surface area (Å²) in [5.41, 5.74) is 3.61. The van der Waals surface area contributed by atoms with Gasteiger partial charge in [0, 0.05) is 11.1 Å². The van der Waals surface area contributed by atoms with Crippen molar-refractivity contribution >= 4 is 21.4 Å². The second-order valence-electron chi connectivity index (χ2n) is 7.92. The van der Waals surface area contributed by atoms with Crippen molar-refractivity contribution in [2.24, 2.45) is 0 Å². The molecule has 0 N–H and O–H groups in total. The highest BCUT2D eigenvalue weighted by Gasteiger charge is 2.38. The Morgan fingerprint density at radius 1 is 0.806 bits per heavy atom. The Morgan fingerprint density at radius 2 is 1.48 bits per heavy atom. The first kappa shape index (κ1) is 20.4. The average Bonchev–Trinajstić information content (AvgIpc) is 3.43. The normalized spacial score (nSPS) is 21.0. The second kappa shape index (κ2) is 9.75. The first-order valence-corrected chi connectivity index (χ1v) is 11.6. The summed E-state index contributed by atoms with van der Waals surface area (Å²) < 4.78 is 20.2. The van der Waals surface area contributed by atoms with Crippen LogP contribution in [0.3, 0.4) is 0 Å². The molecule has 0 unspecified atom stereocenters. The summed E-state index contributed by atoms with van der Waals surface area (Å²) in [6, 6.07) is 29.1. The second-order valence-corrected chi connectivity index (χ2v) is 8.83. The van der Waals surface area contributed by atoms with Gasteiger partial charge >= 0.3 is 0 Å². The molecule has 4 aromatic rings. The van der Waals surface area contributed by atoms with E-state index in [1.165, 1.54) is 26.8 Å². The van der Waals surface area contributed by atoms with Gasteiger partial charge in [-0.15, -0.1) is 11.3 Å². The van der Waals surface area contributed by atoms with Gasteiger partial charge in [-0.3, -0.25) is 0 Å². The molecule has 1 fully saturated rings. The van der Waals surface area contributed by atoms with Gasteiger partial charge in [-0.2, -0.15) is 0 Å². The molecule has 3 atom stereocenters. The van der Waals surface area contributed by atoms with E-state index in [1.807, 2.05) is 36.4 Å². The summed E-state index contributed by atoms with van der Waals surface area (Å²) >= 11 is 1.78. The van der Waals surface area contributed by atoms with E-state index in [0.29, 0.717) is 19.8 Å². The van der Waals surface area contributed by atoms with Crippen LogP contribution in [-0.4, -0.2) is 18.8 Å². The molecule has 1 saturated heterocycles. The van der Waals surface area contributed by atoms with Crippen molar-refractivity contribution in [3.63, 3.8) is 0 Å². The predicted molar refractivity (Wildman–Crippen MR) is 125 cm³/mol. The molecule has 3 nitrogen and oxygen atoms in total. The number of hydrogen-bond acceptors (Lipinski definition) is 4. The van der Waals surface area contributed by atoms with Crippen molar-refractivity contribution in [1.29, 1.82) is 0 Å². The highest BCUT2D eigenvalue weighted by atomic mass is 32.1. The van der Waals surface area contributed by atoms with Gasteiger partial charge in [-0.1, -0.05) is 78.9 Å². The molecule has 4 heteroatoms. The van der Waals surface area contributed by atoms with E-state index in [9.17, 15) is 0 Å². The highest BCUT2D eigenvalue weighted by Crippen LogP contribution is 2.40. The molecule has 1 aliphatic rings. The number of ether oxygens (including phenoxy) is 3. The third kappa shape index (κ3) is 4.89. The van der Waals surface area contributed by atoms with E-state index in [-0.39, 0.29) is 18.3 Å². The molecule has 158 valence electrons. The van der Waals surface area contributed by atoms with Crippen LogP contribution in [0.2, 0.25) is 0 Å². The van der Waals surface area contributed by atoms with Crippen LogP contribution in [0.4, 0.5) is 0 Å². The van der Waals surface area contributed by atoms with Gasteiger partial charge < -0.3 is 14.2 Å². The molecule has 31 heavy (non-hydrogen) atoms. The standard InChI is InChI=1S/C27H26O3S/c1-3-9-20(10-4-1)16-28-18-26-25(29-17-21-11-5-2-6-12-21)15-24(30-26)23-19-31-27-14-8-7-13-22(23)27/h1-14,19,24-26H,15-18H2/t24-,25+,26-/m1/s1. The zero-order valence-corrected chi connectivity index (χ0v) is 18.2. The van der Waals surface area contributed by atoms with Crippen LogP contribution in [0.25, 0.3) is 10.1 Å². The largest absolute Gasteiger partial charge is 0.374 e. The smallest absolute Gasteiger partial charge is 0.108 e. The lowest BCUT2D eigenvalue weighted by Gasteiger charge is -2.19. The molecule has 3 aromatic carbocycles. The lowest BCUT2D eigenvalue weighted by atomic mass is 10.0. The summed E-state index contributed by atoms with van der Waals surface area (Å²) in [7, 11) is 0. The van der Waals surface area contributed by atoms with Crippen LogP contribution in [0.1, 0.15) is 29.2 Å². The predicted octanol–water partition coefficient (Wildman–Crippen LogP) is 6.53. The average molecular weight is 431 g/mol. The molecule has 0 amide bonds. The minimum absolute atomic E-state index is 0.000332. The van der Waals surface area contributed by atoms with E-state index in [1.54, 1.807) is 11.3 Å². The van der Waals surface area contributed by atoms with Gasteiger partial charge in [0.25, 0.3) is 0 Å². The number of benzene rings is 3. The fourth-order valence-corrected chi connectivity index (χ4v) is 5.13. The fourth-order valence-electron chi connectivity index (χ4n) is 4.13. The number of fused-ring (bicyclic) bond motifs is 1. The summed E-state index contributed by atoms with van der Waals surface area (Å²) in [5.74, 6) is 0. The van der Waals surface area contributed by atoms with Crippen LogP contribution in [-0.2, 0) is 27.4 Å². The topological polar surface area (TPSA) is 27.7 Å². The first-order chi connectivity index (χ1) is 15.4. The quantitative estimate of drug-likeness (QED) is 0.318. The molecule has 2 heterocycles. The minimum Gasteiger partial charge on any atom is -0.374 e. The molecule has 0 aliphatic carbocycles. The lowest BCUT2D eigenvalue weighted by Crippen LogP contribution is -2.29. The zero-order valence-electron chi connectivity index (χ0n) is 17.4. The molecule has 1 aromatic heterocycles. The van der Waals surface area contributed by atoms with Gasteiger partial charge in [0.15, 0.2) is 0 Å². The summed E-state index contributed by atoms with van der Waals surface area (Å²) in [6.07, 6.45) is 0.783. The Bertz CT molecular complexity index is 1090. The van der Waals surface area contributed by atoms with Crippen molar-refractivity contribution < 1.29 is 14.2 Å². The highest BCUT2D eigenvalue weighted by molar-refractivity contribution is 7.17. The van der Waals surface area contributed by atoms with Crippen LogP contribution in [0.15, 0.2) is 90.3 Å². The van der Waals surface area contributed by atoms with Crippen molar-refractivity contribution in [2.45, 2.75) is 37.9 Å². The maximum absolute atomic E-state index is 6.51. The molecule has 0 saturated carbocycles. The molecule has 5 rings (SSSR count). The SMILES string of the molecule is c1ccc(COC[C@H]2O[C@@H](c3csc4ccccc34)C[C@@H]2OCc2ccccc2)cc1. The van der Waals surface area contributed by atoms with E-state index < -0.39 is 0 Å². The van der Waals surface area contributed by atoms with E-state index in [0.717, 1.165) is 6.42 Å². The van der Waals surface area contributed by atoms with Gasteiger partial charge in [-0.05, 0) is 33.5 Å². The van der Waals surface area contributed by atoms with Crippen molar-refractivity contribution in [3.05, 3.63) is 107 Å². The van der Waals surface area contributed by atoms with Gasteiger partial charge in [0.1, 0.15) is 6.10 Å². The number of thiophene rings is 1. The third-order valence-corrected chi connectivity index (χ3v) is 6.74. The molecular weight excluding hydrogens is 404 g/mol. The molecule has 0 spiro atoms. The lowest BCUT2D eigenvalue weighted by molar-refractivity contribution is -0.0713. The Morgan fingerprint density at radius 3 is 2.26 bits per heavy atom. The first-order valence-electron chi connectivity index (χ1n) is 10.8. The molecular formula is C27H26O3S. The fraction of sp³-hybridized carbons (Fsp3) is 0.259. The van der Waals surface area contributed by atoms with Crippen LogP contribution in [0.5, 0.6) is 0 Å². The van der Waals surface area contributed by atoms with E-state index >= 15 is 0 Å². The Hall–Kier alpha value is -2.50. The van der Waals surface area contributed by atoms with Crippen LogP contribution < -0.4 is 0 Å². The molecule has 1 aliphatic heterocycles. The van der Waals surface area contributed by atoms with Crippen molar-refractivity contribution in [3.8, 4) is 0 Å². The van der Waals surface area contributed by atoms with Crippen LogP contribution in [0, 0.1) is 0 Å². The van der Waals surface area contributed by atoms with E-state index in [2.05, 4.69) is 53.9 Å². The Balaban J connectivity index is 1.28. The monoisotopic (exact) mass is 430 g/mol.